The SMILES string of the molecule is CCCCCCCCCOc1ccc2c(c1)CCC2NC. The van der Waals surface area contributed by atoms with Crippen LogP contribution in [0.15, 0.2) is 18.2 Å². The summed E-state index contributed by atoms with van der Waals surface area (Å²) in [6, 6.07) is 7.16. The summed E-state index contributed by atoms with van der Waals surface area (Å²) in [5.74, 6) is 1.05. The number of rotatable bonds is 10. The molecule has 1 unspecified atom stereocenters. The van der Waals surface area contributed by atoms with Gasteiger partial charge in [-0.25, -0.2) is 0 Å². The summed E-state index contributed by atoms with van der Waals surface area (Å²) in [5, 5.41) is 3.38. The molecule has 1 atom stereocenters. The van der Waals surface area contributed by atoms with Crippen LogP contribution >= 0.6 is 0 Å². The first-order chi connectivity index (χ1) is 10.3. The number of ether oxygens (including phenoxy) is 1. The highest BCUT2D eigenvalue weighted by atomic mass is 16.5. The highest BCUT2D eigenvalue weighted by molar-refractivity contribution is 5.40. The summed E-state index contributed by atoms with van der Waals surface area (Å²) in [4.78, 5) is 0. The lowest BCUT2D eigenvalue weighted by Crippen LogP contribution is -2.12. The second-order valence-corrected chi connectivity index (χ2v) is 6.21. The van der Waals surface area contributed by atoms with Crippen molar-refractivity contribution < 1.29 is 4.74 Å². The van der Waals surface area contributed by atoms with Gasteiger partial charge in [0, 0.05) is 6.04 Å². The minimum atomic E-state index is 0.539. The molecule has 0 bridgehead atoms. The summed E-state index contributed by atoms with van der Waals surface area (Å²) < 4.78 is 5.91. The lowest BCUT2D eigenvalue weighted by molar-refractivity contribution is 0.304. The summed E-state index contributed by atoms with van der Waals surface area (Å²) in [6.45, 7) is 3.13. The van der Waals surface area contributed by atoms with E-state index in [2.05, 4.69) is 30.4 Å². The molecule has 1 aromatic carbocycles. The normalized spacial score (nSPS) is 17.0. The van der Waals surface area contributed by atoms with E-state index in [9.17, 15) is 0 Å². The van der Waals surface area contributed by atoms with Crippen molar-refractivity contribution in [2.75, 3.05) is 13.7 Å². The third-order valence-electron chi connectivity index (χ3n) is 4.56. The predicted molar refractivity (Wildman–Crippen MR) is 90.1 cm³/mol. The topological polar surface area (TPSA) is 21.3 Å². The molecule has 0 aromatic heterocycles. The molecule has 1 aliphatic rings. The van der Waals surface area contributed by atoms with Gasteiger partial charge in [0.2, 0.25) is 0 Å². The quantitative estimate of drug-likeness (QED) is 0.610. The van der Waals surface area contributed by atoms with Gasteiger partial charge in [0.25, 0.3) is 0 Å². The number of nitrogens with one attached hydrogen (secondary N) is 1. The first-order valence-electron chi connectivity index (χ1n) is 8.78. The molecule has 0 saturated carbocycles. The van der Waals surface area contributed by atoms with Gasteiger partial charge < -0.3 is 10.1 Å². The van der Waals surface area contributed by atoms with E-state index in [4.69, 9.17) is 4.74 Å². The van der Waals surface area contributed by atoms with Gasteiger partial charge in [0.1, 0.15) is 5.75 Å². The molecule has 21 heavy (non-hydrogen) atoms. The van der Waals surface area contributed by atoms with Crippen molar-refractivity contribution in [1.82, 2.24) is 5.32 Å². The van der Waals surface area contributed by atoms with Gasteiger partial charge in [-0.2, -0.15) is 0 Å². The Bertz CT molecular complexity index is 416. The van der Waals surface area contributed by atoms with E-state index in [-0.39, 0.29) is 0 Å². The first kappa shape index (κ1) is 16.4. The van der Waals surface area contributed by atoms with Gasteiger partial charge >= 0.3 is 0 Å². The van der Waals surface area contributed by atoms with E-state index in [0.29, 0.717) is 6.04 Å². The van der Waals surface area contributed by atoms with Crippen LogP contribution in [0.5, 0.6) is 5.75 Å². The van der Waals surface area contributed by atoms with E-state index in [0.717, 1.165) is 12.4 Å². The minimum Gasteiger partial charge on any atom is -0.494 e. The maximum absolute atomic E-state index is 5.91. The Kier molecular flexibility index (Phi) is 7.08. The van der Waals surface area contributed by atoms with Crippen LogP contribution < -0.4 is 10.1 Å². The molecule has 2 nitrogen and oxygen atoms in total. The second kappa shape index (κ2) is 9.09. The van der Waals surface area contributed by atoms with E-state index in [1.807, 2.05) is 7.05 Å². The zero-order valence-corrected chi connectivity index (χ0v) is 13.8. The van der Waals surface area contributed by atoms with Crippen molar-refractivity contribution in [3.05, 3.63) is 29.3 Å². The van der Waals surface area contributed by atoms with Gasteiger partial charge in [-0.15, -0.1) is 0 Å². The average molecular weight is 289 g/mol. The third kappa shape index (κ3) is 5.03. The Morgan fingerprint density at radius 3 is 2.62 bits per heavy atom. The standard InChI is InChI=1S/C19H31NO/c1-3-4-5-6-7-8-9-14-21-17-11-12-18-16(15-17)10-13-19(18)20-2/h11-12,15,19-20H,3-10,13-14H2,1-2H3. The van der Waals surface area contributed by atoms with E-state index < -0.39 is 0 Å². The summed E-state index contributed by atoms with van der Waals surface area (Å²) >= 11 is 0. The highest BCUT2D eigenvalue weighted by Gasteiger charge is 2.20. The number of aryl methyl sites for hydroxylation is 1. The van der Waals surface area contributed by atoms with Crippen LogP contribution in [-0.2, 0) is 6.42 Å². The molecule has 0 radical (unpaired) electrons. The Balaban J connectivity index is 1.63. The largest absolute Gasteiger partial charge is 0.494 e. The Hall–Kier alpha value is -1.02. The van der Waals surface area contributed by atoms with Gasteiger partial charge in [-0.1, -0.05) is 51.5 Å². The number of fused-ring (bicyclic) bond motifs is 1. The van der Waals surface area contributed by atoms with Crippen molar-refractivity contribution >= 4 is 0 Å². The highest BCUT2D eigenvalue weighted by Crippen LogP contribution is 2.33. The maximum atomic E-state index is 5.91. The Morgan fingerprint density at radius 1 is 1.10 bits per heavy atom. The minimum absolute atomic E-state index is 0.539. The average Bonchev–Trinajstić information content (AvgIpc) is 2.92. The molecule has 0 fully saturated rings. The van der Waals surface area contributed by atoms with Crippen LogP contribution in [-0.4, -0.2) is 13.7 Å². The monoisotopic (exact) mass is 289 g/mol. The number of hydrogen-bond donors (Lipinski definition) is 1. The fourth-order valence-corrected chi connectivity index (χ4v) is 3.23. The maximum Gasteiger partial charge on any atom is 0.119 e. The second-order valence-electron chi connectivity index (χ2n) is 6.21. The van der Waals surface area contributed by atoms with Crippen molar-refractivity contribution in [2.24, 2.45) is 0 Å². The molecule has 2 rings (SSSR count). The first-order valence-corrected chi connectivity index (χ1v) is 8.78. The zero-order chi connectivity index (χ0) is 14.9. The number of unbranched alkanes of at least 4 members (excludes halogenated alkanes) is 6. The van der Waals surface area contributed by atoms with Crippen molar-refractivity contribution in [2.45, 2.75) is 70.8 Å². The van der Waals surface area contributed by atoms with Crippen LogP contribution in [0.4, 0.5) is 0 Å². The molecular weight excluding hydrogens is 258 g/mol. The Morgan fingerprint density at radius 2 is 1.86 bits per heavy atom. The van der Waals surface area contributed by atoms with Crippen LogP contribution in [0.25, 0.3) is 0 Å². The van der Waals surface area contributed by atoms with Gasteiger partial charge in [-0.3, -0.25) is 0 Å². The predicted octanol–water partition coefficient (Wildman–Crippen LogP) is 5.02. The molecule has 0 amide bonds. The molecule has 118 valence electrons. The molecule has 0 spiro atoms. The third-order valence-corrected chi connectivity index (χ3v) is 4.56. The van der Waals surface area contributed by atoms with Gasteiger partial charge in [0.05, 0.1) is 6.61 Å². The van der Waals surface area contributed by atoms with E-state index in [1.54, 1.807) is 0 Å². The smallest absolute Gasteiger partial charge is 0.119 e. The Labute approximate surface area is 130 Å². The van der Waals surface area contributed by atoms with Crippen molar-refractivity contribution in [3.8, 4) is 5.75 Å². The van der Waals surface area contributed by atoms with Crippen LogP contribution in [0.3, 0.4) is 0 Å². The summed E-state index contributed by atoms with van der Waals surface area (Å²) in [6.07, 6.45) is 11.7. The number of benzene rings is 1. The molecule has 0 heterocycles. The van der Waals surface area contributed by atoms with E-state index >= 15 is 0 Å². The zero-order valence-electron chi connectivity index (χ0n) is 13.8. The molecule has 1 aromatic rings. The van der Waals surface area contributed by atoms with Crippen LogP contribution in [0.1, 0.15) is 75.5 Å². The fraction of sp³-hybridized carbons (Fsp3) is 0.684. The van der Waals surface area contributed by atoms with Crippen molar-refractivity contribution in [1.29, 1.82) is 0 Å². The fourth-order valence-electron chi connectivity index (χ4n) is 3.23. The molecule has 1 aliphatic carbocycles. The molecule has 0 aliphatic heterocycles. The molecule has 0 saturated heterocycles. The number of hydrogen-bond acceptors (Lipinski definition) is 2. The lowest BCUT2D eigenvalue weighted by Gasteiger charge is -2.11. The van der Waals surface area contributed by atoms with Gasteiger partial charge in [-0.05, 0) is 49.6 Å². The van der Waals surface area contributed by atoms with Gasteiger partial charge in [0.15, 0.2) is 0 Å². The molecule has 2 heteroatoms. The summed E-state index contributed by atoms with van der Waals surface area (Å²) in [5.41, 5.74) is 2.92. The van der Waals surface area contributed by atoms with Crippen LogP contribution in [0.2, 0.25) is 0 Å². The van der Waals surface area contributed by atoms with Crippen molar-refractivity contribution in [3.63, 3.8) is 0 Å². The summed E-state index contributed by atoms with van der Waals surface area (Å²) in [7, 11) is 2.05. The van der Waals surface area contributed by atoms with E-state index in [1.165, 1.54) is 68.9 Å². The molecule has 1 N–H and O–H groups in total. The lowest BCUT2D eigenvalue weighted by atomic mass is 10.1. The van der Waals surface area contributed by atoms with Crippen LogP contribution in [0, 0.1) is 0 Å². The molecular formula is C19H31NO.